The van der Waals surface area contributed by atoms with Gasteiger partial charge in [-0.05, 0) is 26.9 Å². The summed E-state index contributed by atoms with van der Waals surface area (Å²) >= 11 is 0. The van der Waals surface area contributed by atoms with E-state index in [1.165, 1.54) is 0 Å². The molecular weight excluding hydrogens is 270 g/mol. The minimum atomic E-state index is -0.628. The molecule has 120 valence electrons. The number of likely N-dealkylation sites (N-methyl/N-ethyl adjacent to an activating group) is 1. The lowest BCUT2D eigenvalue weighted by Gasteiger charge is -2.31. The highest BCUT2D eigenvalue weighted by Gasteiger charge is 2.46. The van der Waals surface area contributed by atoms with Crippen LogP contribution in [0.5, 0.6) is 0 Å². The Hall–Kier alpha value is -1.14. The number of carbonyl (C=O) groups is 2. The largest absolute Gasteiger partial charge is 0.378 e. The summed E-state index contributed by atoms with van der Waals surface area (Å²) in [4.78, 5) is 28.5. The van der Waals surface area contributed by atoms with Crippen LogP contribution in [0.4, 0.5) is 0 Å². The van der Waals surface area contributed by atoms with E-state index in [4.69, 9.17) is 4.74 Å². The van der Waals surface area contributed by atoms with Gasteiger partial charge in [-0.25, -0.2) is 0 Å². The molecule has 2 fully saturated rings. The van der Waals surface area contributed by atoms with Gasteiger partial charge in [-0.2, -0.15) is 0 Å². The van der Waals surface area contributed by atoms with Crippen LogP contribution in [0.15, 0.2) is 0 Å². The van der Waals surface area contributed by atoms with E-state index in [1.54, 1.807) is 4.90 Å². The Morgan fingerprint density at radius 2 is 1.95 bits per heavy atom. The summed E-state index contributed by atoms with van der Waals surface area (Å²) in [6.45, 7) is 3.14. The van der Waals surface area contributed by atoms with Crippen molar-refractivity contribution in [3.05, 3.63) is 0 Å². The number of ether oxygens (including phenoxy) is 1. The zero-order chi connectivity index (χ0) is 15.3. The smallest absolute Gasteiger partial charge is 0.248 e. The number of hydrogen-bond donors (Lipinski definition) is 1. The van der Waals surface area contributed by atoms with E-state index in [9.17, 15) is 9.59 Å². The number of rotatable bonds is 6. The Morgan fingerprint density at radius 3 is 2.62 bits per heavy atom. The van der Waals surface area contributed by atoms with Crippen LogP contribution < -0.4 is 5.32 Å². The highest BCUT2D eigenvalue weighted by molar-refractivity contribution is 5.93. The molecule has 2 amide bonds. The molecule has 1 aliphatic heterocycles. The van der Waals surface area contributed by atoms with Gasteiger partial charge in [-0.15, -0.1) is 0 Å². The Balaban J connectivity index is 1.86. The van der Waals surface area contributed by atoms with Gasteiger partial charge in [0.2, 0.25) is 11.8 Å². The molecule has 2 rings (SSSR count). The first-order chi connectivity index (χ1) is 10.0. The number of amides is 2. The van der Waals surface area contributed by atoms with Crippen LogP contribution in [-0.4, -0.2) is 74.1 Å². The van der Waals surface area contributed by atoms with Crippen molar-refractivity contribution in [2.75, 3.05) is 46.9 Å². The van der Waals surface area contributed by atoms with Gasteiger partial charge in [-0.1, -0.05) is 12.8 Å². The number of carbonyl (C=O) groups excluding carboxylic acids is 2. The molecule has 1 aliphatic carbocycles. The van der Waals surface area contributed by atoms with E-state index in [0.29, 0.717) is 32.7 Å². The average molecular weight is 297 g/mol. The van der Waals surface area contributed by atoms with Crippen LogP contribution in [0, 0.1) is 0 Å². The Kier molecular flexibility index (Phi) is 5.58. The molecule has 0 radical (unpaired) electrons. The lowest BCUT2D eigenvalue weighted by atomic mass is 9.96. The summed E-state index contributed by atoms with van der Waals surface area (Å²) in [6, 6.07) is 0. The predicted molar refractivity (Wildman–Crippen MR) is 79.9 cm³/mol. The maximum Gasteiger partial charge on any atom is 0.248 e. The van der Waals surface area contributed by atoms with Gasteiger partial charge in [0.05, 0.1) is 13.2 Å². The van der Waals surface area contributed by atoms with Crippen molar-refractivity contribution < 1.29 is 14.3 Å². The first-order valence-electron chi connectivity index (χ1n) is 7.86. The minimum Gasteiger partial charge on any atom is -0.378 e. The topological polar surface area (TPSA) is 61.9 Å². The quantitative estimate of drug-likeness (QED) is 0.713. The van der Waals surface area contributed by atoms with Gasteiger partial charge < -0.3 is 19.9 Å². The third-order valence-electron chi connectivity index (χ3n) is 4.33. The second-order valence-corrected chi connectivity index (χ2v) is 6.30. The first kappa shape index (κ1) is 16.2. The molecule has 1 saturated heterocycles. The highest BCUT2D eigenvalue weighted by Crippen LogP contribution is 2.32. The fourth-order valence-electron chi connectivity index (χ4n) is 3.08. The van der Waals surface area contributed by atoms with Crippen molar-refractivity contribution in [2.45, 2.75) is 37.6 Å². The van der Waals surface area contributed by atoms with Crippen molar-refractivity contribution in [1.82, 2.24) is 15.1 Å². The maximum atomic E-state index is 12.7. The Morgan fingerprint density at radius 1 is 1.24 bits per heavy atom. The molecule has 0 aromatic heterocycles. The van der Waals surface area contributed by atoms with Crippen LogP contribution in [0.1, 0.15) is 32.1 Å². The van der Waals surface area contributed by atoms with Crippen molar-refractivity contribution >= 4 is 11.8 Å². The van der Waals surface area contributed by atoms with Gasteiger partial charge in [0.15, 0.2) is 0 Å². The molecule has 0 aromatic rings. The summed E-state index contributed by atoms with van der Waals surface area (Å²) in [5, 5.41) is 2.97. The summed E-state index contributed by atoms with van der Waals surface area (Å²) in [6.07, 6.45) is 3.97. The van der Waals surface area contributed by atoms with Crippen molar-refractivity contribution in [3.63, 3.8) is 0 Å². The van der Waals surface area contributed by atoms with Crippen LogP contribution in [0.2, 0.25) is 0 Å². The third-order valence-corrected chi connectivity index (χ3v) is 4.33. The van der Waals surface area contributed by atoms with Gasteiger partial charge in [0.1, 0.15) is 5.54 Å². The summed E-state index contributed by atoms with van der Waals surface area (Å²) < 4.78 is 5.57. The summed E-state index contributed by atoms with van der Waals surface area (Å²) in [5.74, 6) is 0.0864. The number of nitrogens with zero attached hydrogens (tertiary/aromatic N) is 2. The second-order valence-electron chi connectivity index (χ2n) is 6.30. The molecule has 1 heterocycles. The van der Waals surface area contributed by atoms with Crippen LogP contribution in [0.3, 0.4) is 0 Å². The molecule has 1 spiro atoms. The molecule has 6 nitrogen and oxygen atoms in total. The Labute approximate surface area is 126 Å². The number of nitrogens with one attached hydrogen (secondary N) is 1. The lowest BCUT2D eigenvalue weighted by molar-refractivity contribution is -0.139. The van der Waals surface area contributed by atoms with E-state index >= 15 is 0 Å². The average Bonchev–Trinajstić information content (AvgIpc) is 2.86. The van der Waals surface area contributed by atoms with Gasteiger partial charge >= 0.3 is 0 Å². The fourth-order valence-corrected chi connectivity index (χ4v) is 3.08. The van der Waals surface area contributed by atoms with E-state index < -0.39 is 5.54 Å². The maximum absolute atomic E-state index is 12.7. The molecule has 0 atom stereocenters. The van der Waals surface area contributed by atoms with Gasteiger partial charge in [0, 0.05) is 26.1 Å². The lowest BCUT2D eigenvalue weighted by Crippen LogP contribution is -2.55. The van der Waals surface area contributed by atoms with Crippen molar-refractivity contribution in [1.29, 1.82) is 0 Å². The van der Waals surface area contributed by atoms with Crippen LogP contribution in [0.25, 0.3) is 0 Å². The van der Waals surface area contributed by atoms with Crippen molar-refractivity contribution in [2.24, 2.45) is 0 Å². The normalized spacial score (nSPS) is 22.0. The van der Waals surface area contributed by atoms with E-state index in [0.717, 1.165) is 32.2 Å². The molecular formula is C15H27N3O3. The molecule has 0 aromatic carbocycles. The standard InChI is InChI=1S/C15H27N3O3/c1-17(2)9-11-21-12-10-18-8-5-13(19)16-15(14(18)20)6-3-4-7-15/h3-12H2,1-2H3,(H,16,19). The second kappa shape index (κ2) is 7.22. The third kappa shape index (κ3) is 4.17. The molecule has 6 heteroatoms. The fraction of sp³-hybridized carbons (Fsp3) is 0.867. The monoisotopic (exact) mass is 297 g/mol. The first-order valence-corrected chi connectivity index (χ1v) is 7.86. The predicted octanol–water partition coefficient (Wildman–Crippen LogP) is 0.226. The molecule has 0 bridgehead atoms. The molecule has 1 saturated carbocycles. The molecule has 1 N–H and O–H groups in total. The highest BCUT2D eigenvalue weighted by atomic mass is 16.5. The zero-order valence-electron chi connectivity index (χ0n) is 13.2. The molecule has 0 unspecified atom stereocenters. The van der Waals surface area contributed by atoms with E-state index in [2.05, 4.69) is 10.2 Å². The van der Waals surface area contributed by atoms with Gasteiger partial charge in [-0.3, -0.25) is 9.59 Å². The minimum absolute atomic E-state index is 0.00118. The van der Waals surface area contributed by atoms with Gasteiger partial charge in [0.25, 0.3) is 0 Å². The zero-order valence-corrected chi connectivity index (χ0v) is 13.2. The van der Waals surface area contributed by atoms with E-state index in [1.807, 2.05) is 14.1 Å². The Bertz CT molecular complexity index is 378. The molecule has 21 heavy (non-hydrogen) atoms. The van der Waals surface area contributed by atoms with Crippen LogP contribution >= 0.6 is 0 Å². The van der Waals surface area contributed by atoms with Crippen molar-refractivity contribution in [3.8, 4) is 0 Å². The van der Waals surface area contributed by atoms with E-state index in [-0.39, 0.29) is 11.8 Å². The number of hydrogen-bond acceptors (Lipinski definition) is 4. The molecule has 2 aliphatic rings. The summed E-state index contributed by atoms with van der Waals surface area (Å²) in [5.41, 5.74) is -0.628. The summed E-state index contributed by atoms with van der Waals surface area (Å²) in [7, 11) is 4.01. The SMILES string of the molecule is CN(C)CCOCCN1CCC(=O)NC2(CCCC2)C1=O. The van der Waals surface area contributed by atoms with Crippen LogP contribution in [-0.2, 0) is 14.3 Å².